The SMILES string of the molecule is CC(C)c1ccnc(OCC(C)c2c(Cl)cnn2C)c1. The molecule has 0 amide bonds. The van der Waals surface area contributed by atoms with Gasteiger partial charge in [-0.05, 0) is 17.5 Å². The molecule has 0 saturated heterocycles. The monoisotopic (exact) mass is 293 g/mol. The first kappa shape index (κ1) is 14.9. The van der Waals surface area contributed by atoms with Gasteiger partial charge >= 0.3 is 0 Å². The van der Waals surface area contributed by atoms with Crippen LogP contribution in [-0.4, -0.2) is 21.4 Å². The Morgan fingerprint density at radius 1 is 1.35 bits per heavy atom. The second kappa shape index (κ2) is 6.27. The van der Waals surface area contributed by atoms with Crippen LogP contribution >= 0.6 is 11.6 Å². The number of aromatic nitrogens is 3. The van der Waals surface area contributed by atoms with Crippen LogP contribution in [0.2, 0.25) is 5.02 Å². The van der Waals surface area contributed by atoms with Crippen molar-refractivity contribution < 1.29 is 4.74 Å². The van der Waals surface area contributed by atoms with E-state index in [0.29, 0.717) is 23.4 Å². The Labute approximate surface area is 124 Å². The number of ether oxygens (including phenoxy) is 1. The van der Waals surface area contributed by atoms with E-state index >= 15 is 0 Å². The molecule has 0 bridgehead atoms. The molecule has 1 unspecified atom stereocenters. The van der Waals surface area contributed by atoms with E-state index < -0.39 is 0 Å². The zero-order valence-corrected chi connectivity index (χ0v) is 13.1. The summed E-state index contributed by atoms with van der Waals surface area (Å²) in [6, 6.07) is 4.00. The maximum atomic E-state index is 6.13. The lowest BCUT2D eigenvalue weighted by Gasteiger charge is -2.14. The third-order valence-corrected chi connectivity index (χ3v) is 3.60. The number of rotatable bonds is 5. The van der Waals surface area contributed by atoms with Gasteiger partial charge in [-0.15, -0.1) is 0 Å². The van der Waals surface area contributed by atoms with Gasteiger partial charge in [0, 0.05) is 25.2 Å². The number of hydrogen-bond donors (Lipinski definition) is 0. The van der Waals surface area contributed by atoms with Gasteiger partial charge in [-0.1, -0.05) is 32.4 Å². The second-order valence-electron chi connectivity index (χ2n) is 5.30. The van der Waals surface area contributed by atoms with E-state index in [9.17, 15) is 0 Å². The minimum Gasteiger partial charge on any atom is -0.477 e. The van der Waals surface area contributed by atoms with E-state index in [2.05, 4.69) is 30.9 Å². The van der Waals surface area contributed by atoms with Gasteiger partial charge in [-0.2, -0.15) is 5.10 Å². The summed E-state index contributed by atoms with van der Waals surface area (Å²) < 4.78 is 7.57. The first-order valence-corrected chi connectivity index (χ1v) is 7.13. The Bertz CT molecular complexity index is 561. The highest BCUT2D eigenvalue weighted by Crippen LogP contribution is 2.24. The zero-order chi connectivity index (χ0) is 14.7. The van der Waals surface area contributed by atoms with E-state index in [1.54, 1.807) is 17.1 Å². The summed E-state index contributed by atoms with van der Waals surface area (Å²) in [6.45, 7) is 6.89. The first-order valence-electron chi connectivity index (χ1n) is 6.75. The molecular weight excluding hydrogens is 274 g/mol. The summed E-state index contributed by atoms with van der Waals surface area (Å²) in [5.74, 6) is 1.27. The molecule has 0 aliphatic heterocycles. The van der Waals surface area contributed by atoms with Gasteiger partial charge < -0.3 is 4.74 Å². The molecule has 0 aromatic carbocycles. The van der Waals surface area contributed by atoms with Gasteiger partial charge in [0.25, 0.3) is 0 Å². The van der Waals surface area contributed by atoms with Crippen molar-refractivity contribution in [1.29, 1.82) is 0 Å². The van der Waals surface area contributed by atoms with Crippen molar-refractivity contribution in [3.8, 4) is 5.88 Å². The average molecular weight is 294 g/mol. The molecular formula is C15H20ClN3O. The molecule has 0 aliphatic rings. The standard InChI is InChI=1S/C15H20ClN3O/c1-10(2)12-5-6-17-14(7-12)20-9-11(3)15-13(16)8-18-19(15)4/h5-8,10-11H,9H2,1-4H3. The van der Waals surface area contributed by atoms with Gasteiger partial charge in [0.05, 0.1) is 23.5 Å². The van der Waals surface area contributed by atoms with Crippen LogP contribution < -0.4 is 4.74 Å². The Kier molecular flexibility index (Phi) is 4.65. The van der Waals surface area contributed by atoms with Crippen LogP contribution in [-0.2, 0) is 7.05 Å². The van der Waals surface area contributed by atoms with Crippen LogP contribution in [0.25, 0.3) is 0 Å². The van der Waals surface area contributed by atoms with E-state index in [-0.39, 0.29) is 5.92 Å². The van der Waals surface area contributed by atoms with Crippen molar-refractivity contribution in [2.24, 2.45) is 7.05 Å². The summed E-state index contributed by atoms with van der Waals surface area (Å²) in [6.07, 6.45) is 3.44. The molecule has 0 aliphatic carbocycles. The fourth-order valence-electron chi connectivity index (χ4n) is 2.13. The number of pyridine rings is 1. The summed E-state index contributed by atoms with van der Waals surface area (Å²) >= 11 is 6.13. The van der Waals surface area contributed by atoms with Gasteiger partial charge in [0.2, 0.25) is 5.88 Å². The lowest BCUT2D eigenvalue weighted by molar-refractivity contribution is 0.280. The minimum atomic E-state index is 0.152. The van der Waals surface area contributed by atoms with Crippen molar-refractivity contribution in [2.75, 3.05) is 6.61 Å². The van der Waals surface area contributed by atoms with Crippen molar-refractivity contribution in [1.82, 2.24) is 14.8 Å². The highest BCUT2D eigenvalue weighted by Gasteiger charge is 2.15. The number of aryl methyl sites for hydroxylation is 1. The van der Waals surface area contributed by atoms with Crippen LogP contribution in [0.3, 0.4) is 0 Å². The molecule has 1 atom stereocenters. The van der Waals surface area contributed by atoms with Gasteiger partial charge in [0.15, 0.2) is 0 Å². The summed E-state index contributed by atoms with van der Waals surface area (Å²) in [4.78, 5) is 4.24. The number of halogens is 1. The molecule has 0 saturated carbocycles. The largest absolute Gasteiger partial charge is 0.477 e. The van der Waals surface area contributed by atoms with E-state index in [1.807, 2.05) is 19.2 Å². The third-order valence-electron chi connectivity index (χ3n) is 3.31. The normalized spacial score (nSPS) is 12.7. The van der Waals surface area contributed by atoms with Crippen LogP contribution in [0.1, 0.15) is 43.9 Å². The molecule has 108 valence electrons. The molecule has 0 spiro atoms. The molecule has 2 aromatic heterocycles. The lowest BCUT2D eigenvalue weighted by atomic mass is 10.1. The Morgan fingerprint density at radius 2 is 2.10 bits per heavy atom. The Balaban J connectivity index is 2.03. The van der Waals surface area contributed by atoms with E-state index in [0.717, 1.165) is 5.69 Å². The highest BCUT2D eigenvalue weighted by molar-refractivity contribution is 6.31. The van der Waals surface area contributed by atoms with Gasteiger partial charge in [-0.3, -0.25) is 4.68 Å². The van der Waals surface area contributed by atoms with Crippen LogP contribution in [0, 0.1) is 0 Å². The van der Waals surface area contributed by atoms with Gasteiger partial charge in [-0.25, -0.2) is 4.98 Å². The van der Waals surface area contributed by atoms with Gasteiger partial charge in [0.1, 0.15) is 0 Å². The Morgan fingerprint density at radius 3 is 2.70 bits per heavy atom. The molecule has 2 aromatic rings. The van der Waals surface area contributed by atoms with Crippen molar-refractivity contribution >= 4 is 11.6 Å². The van der Waals surface area contributed by atoms with E-state index in [4.69, 9.17) is 16.3 Å². The second-order valence-corrected chi connectivity index (χ2v) is 5.70. The fourth-order valence-corrected chi connectivity index (χ4v) is 2.48. The zero-order valence-electron chi connectivity index (χ0n) is 12.3. The molecule has 2 heterocycles. The maximum Gasteiger partial charge on any atom is 0.213 e. The van der Waals surface area contributed by atoms with Crippen molar-refractivity contribution in [3.05, 3.63) is 40.8 Å². The molecule has 0 radical (unpaired) electrons. The molecule has 0 fully saturated rings. The molecule has 4 nitrogen and oxygen atoms in total. The van der Waals surface area contributed by atoms with E-state index in [1.165, 1.54) is 5.56 Å². The molecule has 0 N–H and O–H groups in total. The minimum absolute atomic E-state index is 0.152. The fraction of sp³-hybridized carbons (Fsp3) is 0.467. The van der Waals surface area contributed by atoms with Crippen LogP contribution in [0.4, 0.5) is 0 Å². The molecule has 5 heteroatoms. The summed E-state index contributed by atoms with van der Waals surface area (Å²) in [5, 5.41) is 4.82. The van der Waals surface area contributed by atoms with Crippen molar-refractivity contribution in [3.63, 3.8) is 0 Å². The van der Waals surface area contributed by atoms with Crippen LogP contribution in [0.5, 0.6) is 5.88 Å². The van der Waals surface area contributed by atoms with Crippen LogP contribution in [0.15, 0.2) is 24.5 Å². The number of nitrogens with zero attached hydrogens (tertiary/aromatic N) is 3. The molecule has 2 rings (SSSR count). The smallest absolute Gasteiger partial charge is 0.213 e. The summed E-state index contributed by atoms with van der Waals surface area (Å²) in [7, 11) is 1.88. The molecule has 20 heavy (non-hydrogen) atoms. The summed E-state index contributed by atoms with van der Waals surface area (Å²) in [5.41, 5.74) is 2.20. The lowest BCUT2D eigenvalue weighted by Crippen LogP contribution is -2.12. The third kappa shape index (κ3) is 3.31. The topological polar surface area (TPSA) is 39.9 Å². The average Bonchev–Trinajstić information content (AvgIpc) is 2.76. The predicted octanol–water partition coefficient (Wildman–Crippen LogP) is 3.77. The first-order chi connectivity index (χ1) is 9.49. The number of hydrogen-bond acceptors (Lipinski definition) is 3. The Hall–Kier alpha value is -1.55. The van der Waals surface area contributed by atoms with Crippen molar-refractivity contribution in [2.45, 2.75) is 32.6 Å². The quantitative estimate of drug-likeness (QED) is 0.842. The predicted molar refractivity (Wildman–Crippen MR) is 80.5 cm³/mol. The maximum absolute atomic E-state index is 6.13. The highest BCUT2D eigenvalue weighted by atomic mass is 35.5.